The van der Waals surface area contributed by atoms with Crippen molar-refractivity contribution in [3.63, 3.8) is 0 Å². The van der Waals surface area contributed by atoms with Crippen LogP contribution in [-0.2, 0) is 11.3 Å². The number of hydrogen-bond acceptors (Lipinski definition) is 1. The average molecular weight is 224 g/mol. The molecule has 0 saturated heterocycles. The van der Waals surface area contributed by atoms with E-state index in [4.69, 9.17) is 0 Å². The van der Waals surface area contributed by atoms with Crippen LogP contribution in [0.4, 0.5) is 0 Å². The predicted molar refractivity (Wildman–Crippen MR) is 66.0 cm³/mol. The molecule has 0 aliphatic heterocycles. The second-order valence-corrected chi connectivity index (χ2v) is 3.52. The molecule has 0 saturated carbocycles. The van der Waals surface area contributed by atoms with Gasteiger partial charge in [0.05, 0.1) is 0 Å². The van der Waals surface area contributed by atoms with Crippen molar-refractivity contribution in [2.24, 2.45) is 0 Å². The third-order valence-electron chi connectivity index (χ3n) is 2.21. The Balaban J connectivity index is 1.88. The predicted octanol–water partition coefficient (Wildman–Crippen LogP) is 1.68. The second-order valence-electron chi connectivity index (χ2n) is 3.52. The van der Waals surface area contributed by atoms with Crippen LogP contribution < -0.4 is 5.32 Å². The standard InChI is InChI=1S/C14H12N2O/c17-14(16-11-13-8-9-15-10-13)7-6-12-4-2-1-3-5-12/h1-5,8-10,15H,11H2,(H,16,17). The Morgan fingerprint density at radius 2 is 2.06 bits per heavy atom. The van der Waals surface area contributed by atoms with Gasteiger partial charge >= 0.3 is 0 Å². The number of hydrogen-bond donors (Lipinski definition) is 2. The normalized spacial score (nSPS) is 9.18. The zero-order chi connectivity index (χ0) is 11.9. The van der Waals surface area contributed by atoms with Crippen molar-refractivity contribution < 1.29 is 4.79 Å². The van der Waals surface area contributed by atoms with E-state index in [1.54, 1.807) is 0 Å². The summed E-state index contributed by atoms with van der Waals surface area (Å²) in [6.45, 7) is 0.492. The fourth-order valence-corrected chi connectivity index (χ4v) is 1.35. The molecule has 0 aliphatic rings. The van der Waals surface area contributed by atoms with Gasteiger partial charge in [-0.2, -0.15) is 0 Å². The first-order chi connectivity index (χ1) is 8.34. The van der Waals surface area contributed by atoms with Gasteiger partial charge in [0.15, 0.2) is 0 Å². The van der Waals surface area contributed by atoms with Gasteiger partial charge in [-0.1, -0.05) is 24.1 Å². The average Bonchev–Trinajstić information content (AvgIpc) is 2.88. The molecule has 1 amide bonds. The molecule has 1 heterocycles. The highest BCUT2D eigenvalue weighted by atomic mass is 16.1. The number of aromatic amines is 1. The van der Waals surface area contributed by atoms with Gasteiger partial charge in [-0.05, 0) is 23.8 Å². The first-order valence-corrected chi connectivity index (χ1v) is 5.31. The molecule has 2 rings (SSSR count). The number of aromatic nitrogens is 1. The maximum Gasteiger partial charge on any atom is 0.296 e. The van der Waals surface area contributed by atoms with Crippen LogP contribution in [0.25, 0.3) is 0 Å². The lowest BCUT2D eigenvalue weighted by atomic mass is 10.2. The molecule has 1 aromatic carbocycles. The molecule has 0 fully saturated rings. The highest BCUT2D eigenvalue weighted by Crippen LogP contribution is 1.95. The molecule has 84 valence electrons. The van der Waals surface area contributed by atoms with Crippen molar-refractivity contribution in [1.82, 2.24) is 10.3 Å². The van der Waals surface area contributed by atoms with Gasteiger partial charge in [-0.25, -0.2) is 0 Å². The second kappa shape index (κ2) is 5.57. The highest BCUT2D eigenvalue weighted by molar-refractivity contribution is 5.93. The lowest BCUT2D eigenvalue weighted by molar-refractivity contribution is -0.115. The summed E-state index contributed by atoms with van der Waals surface area (Å²) in [5.41, 5.74) is 1.86. The Labute approximate surface area is 99.9 Å². The van der Waals surface area contributed by atoms with Crippen molar-refractivity contribution in [3.05, 3.63) is 59.9 Å². The maximum atomic E-state index is 11.4. The van der Waals surface area contributed by atoms with E-state index in [2.05, 4.69) is 22.1 Å². The molecule has 0 atom stereocenters. The number of carbonyl (C=O) groups is 1. The largest absolute Gasteiger partial charge is 0.367 e. The van der Waals surface area contributed by atoms with Gasteiger partial charge in [0.25, 0.3) is 5.91 Å². The smallest absolute Gasteiger partial charge is 0.296 e. The van der Waals surface area contributed by atoms with E-state index in [9.17, 15) is 4.79 Å². The number of amides is 1. The fourth-order valence-electron chi connectivity index (χ4n) is 1.35. The molecule has 17 heavy (non-hydrogen) atoms. The topological polar surface area (TPSA) is 44.9 Å². The number of benzene rings is 1. The summed E-state index contributed by atoms with van der Waals surface area (Å²) in [7, 11) is 0. The number of rotatable bonds is 2. The van der Waals surface area contributed by atoms with Crippen molar-refractivity contribution in [2.45, 2.75) is 6.54 Å². The summed E-state index contributed by atoms with van der Waals surface area (Å²) in [4.78, 5) is 14.3. The van der Waals surface area contributed by atoms with Crippen LogP contribution in [0.5, 0.6) is 0 Å². The van der Waals surface area contributed by atoms with Gasteiger partial charge in [0.2, 0.25) is 0 Å². The quantitative estimate of drug-likeness (QED) is 0.749. The molecule has 3 nitrogen and oxygen atoms in total. The monoisotopic (exact) mass is 224 g/mol. The van der Waals surface area contributed by atoms with Crippen LogP contribution >= 0.6 is 0 Å². The Morgan fingerprint density at radius 1 is 1.24 bits per heavy atom. The van der Waals surface area contributed by atoms with Gasteiger partial charge in [-0.3, -0.25) is 4.79 Å². The zero-order valence-electron chi connectivity index (χ0n) is 9.23. The SMILES string of the molecule is O=C(C#Cc1ccccc1)NCc1cc[nH]c1. The summed E-state index contributed by atoms with van der Waals surface area (Å²) < 4.78 is 0. The van der Waals surface area contributed by atoms with E-state index in [0.717, 1.165) is 11.1 Å². The Morgan fingerprint density at radius 3 is 2.76 bits per heavy atom. The highest BCUT2D eigenvalue weighted by Gasteiger charge is 1.96. The molecule has 1 aromatic heterocycles. The number of carbonyl (C=O) groups excluding carboxylic acids is 1. The van der Waals surface area contributed by atoms with E-state index in [-0.39, 0.29) is 5.91 Å². The van der Waals surface area contributed by atoms with Crippen LogP contribution in [0.3, 0.4) is 0 Å². The Bertz CT molecular complexity index is 533. The van der Waals surface area contributed by atoms with Gasteiger partial charge in [0.1, 0.15) is 0 Å². The minimum atomic E-state index is -0.268. The number of nitrogens with one attached hydrogen (secondary N) is 2. The van der Waals surface area contributed by atoms with Crippen LogP contribution in [0.15, 0.2) is 48.8 Å². The molecule has 2 aromatic rings. The molecule has 2 N–H and O–H groups in total. The van der Waals surface area contributed by atoms with Crippen molar-refractivity contribution in [2.75, 3.05) is 0 Å². The maximum absolute atomic E-state index is 11.4. The van der Waals surface area contributed by atoms with Crippen LogP contribution in [0, 0.1) is 11.8 Å². The van der Waals surface area contributed by atoms with Crippen LogP contribution in [0.1, 0.15) is 11.1 Å². The van der Waals surface area contributed by atoms with Gasteiger partial charge in [-0.15, -0.1) is 0 Å². The minimum absolute atomic E-state index is 0.268. The lowest BCUT2D eigenvalue weighted by Gasteiger charge is -1.96. The summed E-state index contributed by atoms with van der Waals surface area (Å²) in [5, 5.41) is 2.72. The molecule has 0 radical (unpaired) electrons. The van der Waals surface area contributed by atoms with Gasteiger partial charge in [0, 0.05) is 30.4 Å². The van der Waals surface area contributed by atoms with Gasteiger partial charge < -0.3 is 10.3 Å². The van der Waals surface area contributed by atoms with E-state index >= 15 is 0 Å². The molecule has 0 unspecified atom stereocenters. The molecule has 0 spiro atoms. The summed E-state index contributed by atoms with van der Waals surface area (Å²) in [5.74, 6) is 5.09. The van der Waals surface area contributed by atoms with Crippen molar-refractivity contribution >= 4 is 5.91 Å². The fraction of sp³-hybridized carbons (Fsp3) is 0.0714. The molecule has 0 aliphatic carbocycles. The first kappa shape index (κ1) is 11.0. The molecule has 0 bridgehead atoms. The van der Waals surface area contributed by atoms with Crippen LogP contribution in [0.2, 0.25) is 0 Å². The molecular formula is C14H12N2O. The minimum Gasteiger partial charge on any atom is -0.367 e. The van der Waals surface area contributed by atoms with Crippen molar-refractivity contribution in [1.29, 1.82) is 0 Å². The van der Waals surface area contributed by atoms with Crippen molar-refractivity contribution in [3.8, 4) is 11.8 Å². The van der Waals surface area contributed by atoms with E-state index < -0.39 is 0 Å². The third-order valence-corrected chi connectivity index (χ3v) is 2.21. The van der Waals surface area contributed by atoms with E-state index in [0.29, 0.717) is 6.54 Å². The Kier molecular flexibility index (Phi) is 3.61. The summed E-state index contributed by atoms with van der Waals surface area (Å²) >= 11 is 0. The van der Waals surface area contributed by atoms with Crippen LogP contribution in [-0.4, -0.2) is 10.9 Å². The van der Waals surface area contributed by atoms with E-state index in [1.807, 2.05) is 48.8 Å². The molecule has 3 heteroatoms. The van der Waals surface area contributed by atoms with E-state index in [1.165, 1.54) is 0 Å². The molecular weight excluding hydrogens is 212 g/mol. The zero-order valence-corrected chi connectivity index (χ0v) is 9.23. The Hall–Kier alpha value is -2.47. The first-order valence-electron chi connectivity index (χ1n) is 5.31. The summed E-state index contributed by atoms with van der Waals surface area (Å²) in [6, 6.07) is 11.3. The lowest BCUT2D eigenvalue weighted by Crippen LogP contribution is -2.20. The number of H-pyrrole nitrogens is 1. The summed E-state index contributed by atoms with van der Waals surface area (Å²) in [6.07, 6.45) is 3.65. The third kappa shape index (κ3) is 3.54.